The van der Waals surface area contributed by atoms with Crippen LogP contribution in [0.3, 0.4) is 0 Å². The van der Waals surface area contributed by atoms with Gasteiger partial charge in [0.2, 0.25) is 0 Å². The summed E-state index contributed by atoms with van der Waals surface area (Å²) in [5.41, 5.74) is 1.48. The van der Waals surface area contributed by atoms with Gasteiger partial charge in [-0.1, -0.05) is 0 Å². The van der Waals surface area contributed by atoms with E-state index in [9.17, 15) is 14.0 Å². The molecule has 0 aliphatic carbocycles. The number of benzene rings is 1. The Bertz CT molecular complexity index is 961. The Morgan fingerprint density at radius 2 is 1.96 bits per heavy atom. The predicted octanol–water partition coefficient (Wildman–Crippen LogP) is 3.21. The molecule has 2 heterocycles. The van der Waals surface area contributed by atoms with Crippen LogP contribution in [0.25, 0.3) is 11.3 Å². The maximum atomic E-state index is 13.0. The molecule has 0 aliphatic heterocycles. The molecule has 0 aliphatic rings. The number of hydrogen-bond acceptors (Lipinski definition) is 4. The molecule has 0 saturated heterocycles. The van der Waals surface area contributed by atoms with E-state index in [1.165, 1.54) is 40.3 Å². The summed E-state index contributed by atoms with van der Waals surface area (Å²) in [5, 5.41) is 3.12. The second kappa shape index (κ2) is 6.37. The Kier molecular flexibility index (Phi) is 4.26. The molecule has 0 radical (unpaired) electrons. The number of anilines is 1. The molecular formula is C17H14FN3O2S. The van der Waals surface area contributed by atoms with Gasteiger partial charge in [0.25, 0.3) is 11.5 Å². The Morgan fingerprint density at radius 1 is 1.25 bits per heavy atom. The molecule has 1 N–H and O–H groups in total. The maximum absolute atomic E-state index is 13.0. The highest BCUT2D eigenvalue weighted by Crippen LogP contribution is 2.30. The van der Waals surface area contributed by atoms with Crippen LogP contribution in [-0.2, 0) is 7.05 Å². The van der Waals surface area contributed by atoms with Crippen molar-refractivity contribution in [2.24, 2.45) is 7.05 Å². The molecule has 122 valence electrons. The van der Waals surface area contributed by atoms with Gasteiger partial charge in [-0.05, 0) is 37.3 Å². The number of amides is 1. The van der Waals surface area contributed by atoms with E-state index in [2.05, 4.69) is 10.3 Å². The molecule has 1 amide bonds. The lowest BCUT2D eigenvalue weighted by Gasteiger charge is -2.02. The zero-order chi connectivity index (χ0) is 17.3. The number of nitrogens with zero attached hydrogens (tertiary/aromatic N) is 2. The molecule has 5 nitrogen and oxygen atoms in total. The standard InChI is InChI=1S/C17H14FN3O2S/c1-10-15(11-3-5-13(18)6-4-11)19-17(24-10)20-16(23)12-7-8-21(2)14(22)9-12/h3-9H,1-2H3,(H,19,20,23). The number of halogens is 1. The van der Waals surface area contributed by atoms with Gasteiger partial charge in [-0.3, -0.25) is 14.9 Å². The summed E-state index contributed by atoms with van der Waals surface area (Å²) in [7, 11) is 1.61. The summed E-state index contributed by atoms with van der Waals surface area (Å²) in [5.74, 6) is -0.710. The third-order valence-corrected chi connectivity index (χ3v) is 4.39. The molecule has 7 heteroatoms. The molecule has 0 unspecified atom stereocenters. The van der Waals surface area contributed by atoms with E-state index in [4.69, 9.17) is 0 Å². The lowest BCUT2D eigenvalue weighted by molar-refractivity contribution is 0.102. The van der Waals surface area contributed by atoms with Crippen LogP contribution in [-0.4, -0.2) is 15.5 Å². The fraction of sp³-hybridized carbons (Fsp3) is 0.118. The Morgan fingerprint density at radius 3 is 2.62 bits per heavy atom. The summed E-state index contributed by atoms with van der Waals surface area (Å²) < 4.78 is 14.4. The highest BCUT2D eigenvalue weighted by Gasteiger charge is 2.13. The average molecular weight is 343 g/mol. The number of rotatable bonds is 3. The van der Waals surface area contributed by atoms with Crippen molar-refractivity contribution in [3.63, 3.8) is 0 Å². The maximum Gasteiger partial charge on any atom is 0.257 e. The molecule has 3 aromatic rings. The van der Waals surface area contributed by atoms with Crippen molar-refractivity contribution in [2.45, 2.75) is 6.92 Å². The van der Waals surface area contributed by atoms with Crippen molar-refractivity contribution in [3.8, 4) is 11.3 Å². The summed E-state index contributed by atoms with van der Waals surface area (Å²) in [6.07, 6.45) is 1.54. The second-order valence-corrected chi connectivity index (χ2v) is 6.45. The van der Waals surface area contributed by atoms with Crippen molar-refractivity contribution >= 4 is 22.4 Å². The number of pyridine rings is 1. The monoisotopic (exact) mass is 343 g/mol. The molecule has 0 bridgehead atoms. The van der Waals surface area contributed by atoms with Gasteiger partial charge in [0, 0.05) is 35.3 Å². The van der Waals surface area contributed by atoms with Gasteiger partial charge in [-0.25, -0.2) is 9.37 Å². The fourth-order valence-corrected chi connectivity index (χ4v) is 3.02. The van der Waals surface area contributed by atoms with Gasteiger partial charge in [0.15, 0.2) is 5.13 Å². The van der Waals surface area contributed by atoms with E-state index in [0.29, 0.717) is 10.8 Å². The highest BCUT2D eigenvalue weighted by atomic mass is 32.1. The zero-order valence-electron chi connectivity index (χ0n) is 13.0. The summed E-state index contributed by atoms with van der Waals surface area (Å²) in [6.45, 7) is 1.88. The fourth-order valence-electron chi connectivity index (χ4n) is 2.18. The Hall–Kier alpha value is -2.80. The molecular weight excluding hydrogens is 329 g/mol. The summed E-state index contributed by atoms with van der Waals surface area (Å²) in [6, 6.07) is 8.86. The molecule has 3 rings (SSSR count). The van der Waals surface area contributed by atoms with Crippen molar-refractivity contribution in [3.05, 3.63) is 69.2 Å². The number of carbonyl (C=O) groups is 1. The minimum Gasteiger partial charge on any atom is -0.319 e. The van der Waals surface area contributed by atoms with Crippen LogP contribution in [0.15, 0.2) is 47.4 Å². The number of thiazole rings is 1. The first-order valence-electron chi connectivity index (χ1n) is 7.15. The van der Waals surface area contributed by atoms with Gasteiger partial charge in [-0.15, -0.1) is 11.3 Å². The normalized spacial score (nSPS) is 10.6. The Labute approximate surface area is 141 Å². The quantitative estimate of drug-likeness (QED) is 0.794. The first-order chi connectivity index (χ1) is 11.4. The van der Waals surface area contributed by atoms with Gasteiger partial charge in [0.05, 0.1) is 5.69 Å². The lowest BCUT2D eigenvalue weighted by atomic mass is 10.1. The zero-order valence-corrected chi connectivity index (χ0v) is 13.9. The van der Waals surface area contributed by atoms with Crippen LogP contribution in [0.2, 0.25) is 0 Å². The van der Waals surface area contributed by atoms with Gasteiger partial charge >= 0.3 is 0 Å². The number of aromatic nitrogens is 2. The largest absolute Gasteiger partial charge is 0.319 e. The topological polar surface area (TPSA) is 64.0 Å². The molecule has 2 aromatic heterocycles. The molecule has 0 atom stereocenters. The first-order valence-corrected chi connectivity index (χ1v) is 7.97. The van der Waals surface area contributed by atoms with Crippen molar-refractivity contribution in [2.75, 3.05) is 5.32 Å². The Balaban J connectivity index is 1.84. The number of nitrogens with one attached hydrogen (secondary N) is 1. The van der Waals surface area contributed by atoms with E-state index in [-0.39, 0.29) is 16.9 Å². The van der Waals surface area contributed by atoms with Crippen molar-refractivity contribution in [1.82, 2.24) is 9.55 Å². The third kappa shape index (κ3) is 3.26. The minimum absolute atomic E-state index is 0.259. The van der Waals surface area contributed by atoms with Gasteiger partial charge < -0.3 is 4.57 Å². The minimum atomic E-state index is -0.396. The van der Waals surface area contributed by atoms with Gasteiger partial charge in [0.1, 0.15) is 5.82 Å². The average Bonchev–Trinajstić information content (AvgIpc) is 2.91. The molecule has 1 aromatic carbocycles. The smallest absolute Gasteiger partial charge is 0.257 e. The number of carbonyl (C=O) groups excluding carboxylic acids is 1. The van der Waals surface area contributed by atoms with E-state index in [1.54, 1.807) is 25.2 Å². The van der Waals surface area contributed by atoms with E-state index >= 15 is 0 Å². The van der Waals surface area contributed by atoms with Crippen LogP contribution in [0.4, 0.5) is 9.52 Å². The van der Waals surface area contributed by atoms with Crippen molar-refractivity contribution < 1.29 is 9.18 Å². The molecule has 24 heavy (non-hydrogen) atoms. The van der Waals surface area contributed by atoms with Crippen LogP contribution in [0.5, 0.6) is 0 Å². The number of hydrogen-bond donors (Lipinski definition) is 1. The van der Waals surface area contributed by atoms with Gasteiger partial charge in [-0.2, -0.15) is 0 Å². The summed E-state index contributed by atoms with van der Waals surface area (Å²) in [4.78, 5) is 29.1. The predicted molar refractivity (Wildman–Crippen MR) is 91.9 cm³/mol. The lowest BCUT2D eigenvalue weighted by Crippen LogP contribution is -2.19. The van der Waals surface area contributed by atoms with E-state index in [1.807, 2.05) is 6.92 Å². The molecule has 0 spiro atoms. The van der Waals surface area contributed by atoms with Crippen LogP contribution < -0.4 is 10.9 Å². The molecule has 0 saturated carbocycles. The van der Waals surface area contributed by atoms with E-state index in [0.717, 1.165) is 10.4 Å². The molecule has 0 fully saturated rings. The first kappa shape index (κ1) is 16.1. The number of aryl methyl sites for hydroxylation is 2. The third-order valence-electron chi connectivity index (χ3n) is 3.50. The SMILES string of the molecule is Cc1sc(NC(=O)c2ccn(C)c(=O)c2)nc1-c1ccc(F)cc1. The van der Waals surface area contributed by atoms with Crippen molar-refractivity contribution in [1.29, 1.82) is 0 Å². The summed E-state index contributed by atoms with van der Waals surface area (Å²) >= 11 is 1.32. The van der Waals surface area contributed by atoms with E-state index < -0.39 is 5.91 Å². The van der Waals surface area contributed by atoms with Crippen LogP contribution >= 0.6 is 11.3 Å². The second-order valence-electron chi connectivity index (χ2n) is 5.25. The van der Waals surface area contributed by atoms with Crippen LogP contribution in [0, 0.1) is 12.7 Å². The highest BCUT2D eigenvalue weighted by molar-refractivity contribution is 7.16. The van der Waals surface area contributed by atoms with Crippen LogP contribution in [0.1, 0.15) is 15.2 Å².